The summed E-state index contributed by atoms with van der Waals surface area (Å²) in [5, 5.41) is 16.9. The van der Waals surface area contributed by atoms with Crippen LogP contribution in [0.5, 0.6) is 0 Å². The Kier molecular flexibility index (Phi) is 5.89. The third-order valence-electron chi connectivity index (χ3n) is 3.46. The molecule has 27 heavy (non-hydrogen) atoms. The molecule has 0 bridgehead atoms. The van der Waals surface area contributed by atoms with Crippen molar-refractivity contribution in [2.75, 3.05) is 20.3 Å². The maximum atomic E-state index is 13.2. The summed E-state index contributed by atoms with van der Waals surface area (Å²) in [6.45, 7) is 0.902. The molecule has 3 aromatic rings. The van der Waals surface area contributed by atoms with Crippen molar-refractivity contribution in [1.29, 1.82) is 0 Å². The van der Waals surface area contributed by atoms with E-state index in [1.165, 1.54) is 41.8 Å². The molecule has 0 radical (unpaired) electrons. The summed E-state index contributed by atoms with van der Waals surface area (Å²) < 4.78 is 24.9. The van der Waals surface area contributed by atoms with Crippen molar-refractivity contribution < 1.29 is 18.5 Å². The van der Waals surface area contributed by atoms with Crippen LogP contribution in [0, 0.1) is 15.9 Å². The van der Waals surface area contributed by atoms with Gasteiger partial charge in [0.15, 0.2) is 5.76 Å². The van der Waals surface area contributed by atoms with E-state index >= 15 is 0 Å². The lowest BCUT2D eigenvalue weighted by Crippen LogP contribution is -2.13. The topological polar surface area (TPSA) is 95.2 Å². The van der Waals surface area contributed by atoms with Gasteiger partial charge in [0, 0.05) is 18.1 Å². The van der Waals surface area contributed by atoms with Gasteiger partial charge in [-0.1, -0.05) is 0 Å². The Morgan fingerprint density at radius 3 is 2.78 bits per heavy atom. The van der Waals surface area contributed by atoms with Crippen molar-refractivity contribution >= 4 is 23.4 Å². The maximum Gasteiger partial charge on any atom is 0.433 e. The molecule has 0 fully saturated rings. The van der Waals surface area contributed by atoms with Crippen LogP contribution in [0.15, 0.2) is 56.3 Å². The number of methoxy groups -OCH3 is 1. The molecule has 8 nitrogen and oxygen atoms in total. The summed E-state index contributed by atoms with van der Waals surface area (Å²) in [6.07, 6.45) is 1.36. The van der Waals surface area contributed by atoms with Gasteiger partial charge in [-0.3, -0.25) is 15.1 Å². The van der Waals surface area contributed by atoms with Gasteiger partial charge in [-0.05, 0) is 30.3 Å². The largest absolute Gasteiger partial charge is 0.433 e. The molecule has 0 N–H and O–H groups in total. The summed E-state index contributed by atoms with van der Waals surface area (Å²) in [7, 11) is 1.59. The Balaban J connectivity index is 2.00. The number of nitro groups is 1. The monoisotopic (exact) mass is 390 g/mol. The molecular formula is C17H15FN4O4S. The summed E-state index contributed by atoms with van der Waals surface area (Å²) in [6, 6.07) is 8.70. The standard InChI is InChI=1S/C17H15FN4O4S/c1-25-9-8-19-17-21(20-10-14-6-7-16(26-14)22(23)24)15(11-27-17)12-2-4-13(18)5-3-12/h2-7,10-11H,8-9H2,1H3/b19-17?,20-10-. The molecule has 0 amide bonds. The van der Waals surface area contributed by atoms with Crippen molar-refractivity contribution in [2.24, 2.45) is 10.1 Å². The average Bonchev–Trinajstić information content (AvgIpc) is 3.28. The molecule has 3 rings (SSSR count). The van der Waals surface area contributed by atoms with Crippen LogP contribution < -0.4 is 4.80 Å². The van der Waals surface area contributed by atoms with Gasteiger partial charge in [-0.15, -0.1) is 11.3 Å². The van der Waals surface area contributed by atoms with Gasteiger partial charge in [0.25, 0.3) is 0 Å². The van der Waals surface area contributed by atoms with Crippen molar-refractivity contribution in [2.45, 2.75) is 0 Å². The number of rotatable bonds is 7. The van der Waals surface area contributed by atoms with E-state index in [1.54, 1.807) is 23.9 Å². The lowest BCUT2D eigenvalue weighted by atomic mass is 10.2. The molecule has 0 saturated carbocycles. The molecular weight excluding hydrogens is 375 g/mol. The van der Waals surface area contributed by atoms with Gasteiger partial charge in [0.2, 0.25) is 4.80 Å². The van der Waals surface area contributed by atoms with Crippen LogP contribution in [0.3, 0.4) is 0 Å². The fourth-order valence-corrected chi connectivity index (χ4v) is 3.06. The third kappa shape index (κ3) is 4.54. The van der Waals surface area contributed by atoms with Crippen LogP contribution in [-0.2, 0) is 4.74 Å². The highest BCUT2D eigenvalue weighted by Gasteiger charge is 2.11. The van der Waals surface area contributed by atoms with E-state index in [0.717, 1.165) is 5.56 Å². The van der Waals surface area contributed by atoms with Crippen LogP contribution in [-0.4, -0.2) is 36.1 Å². The minimum atomic E-state index is -0.621. The highest BCUT2D eigenvalue weighted by atomic mass is 32.1. The van der Waals surface area contributed by atoms with Crippen LogP contribution in [0.2, 0.25) is 0 Å². The normalized spacial score (nSPS) is 12.1. The SMILES string of the molecule is COCCN=c1scc(-c2ccc(F)cc2)n1/N=C\c1ccc([N+](=O)[O-])o1. The average molecular weight is 390 g/mol. The minimum absolute atomic E-state index is 0.230. The number of halogens is 1. The van der Waals surface area contributed by atoms with Gasteiger partial charge in [-0.25, -0.2) is 9.07 Å². The number of furan rings is 1. The number of hydrogen-bond donors (Lipinski definition) is 0. The van der Waals surface area contributed by atoms with Crippen LogP contribution in [0.25, 0.3) is 11.3 Å². The fraction of sp³-hybridized carbons (Fsp3) is 0.176. The first-order valence-electron chi connectivity index (χ1n) is 7.83. The van der Waals surface area contributed by atoms with Gasteiger partial charge in [0.1, 0.15) is 10.7 Å². The predicted octanol–water partition coefficient (Wildman–Crippen LogP) is 3.29. The Hall–Kier alpha value is -3.11. The van der Waals surface area contributed by atoms with E-state index < -0.39 is 4.92 Å². The van der Waals surface area contributed by atoms with Crippen LogP contribution in [0.1, 0.15) is 5.76 Å². The van der Waals surface area contributed by atoms with E-state index in [1.807, 2.05) is 5.38 Å². The number of ether oxygens (including phenoxy) is 1. The highest BCUT2D eigenvalue weighted by Crippen LogP contribution is 2.21. The van der Waals surface area contributed by atoms with Crippen LogP contribution in [0.4, 0.5) is 10.3 Å². The van der Waals surface area contributed by atoms with Gasteiger partial charge in [0.05, 0.1) is 31.1 Å². The molecule has 10 heteroatoms. The Morgan fingerprint density at radius 1 is 1.33 bits per heavy atom. The summed E-state index contributed by atoms with van der Waals surface area (Å²) in [4.78, 5) is 15.1. The second kappa shape index (κ2) is 8.52. The molecule has 2 heterocycles. The number of hydrogen-bond acceptors (Lipinski definition) is 7. The van der Waals surface area contributed by atoms with Crippen LogP contribution >= 0.6 is 11.3 Å². The predicted molar refractivity (Wildman–Crippen MR) is 98.4 cm³/mol. The molecule has 0 aliphatic heterocycles. The van der Waals surface area contributed by atoms with Gasteiger partial charge in [-0.2, -0.15) is 5.10 Å². The van der Waals surface area contributed by atoms with Gasteiger partial charge >= 0.3 is 5.88 Å². The van der Waals surface area contributed by atoms with E-state index in [9.17, 15) is 14.5 Å². The first-order valence-corrected chi connectivity index (χ1v) is 8.71. The van der Waals surface area contributed by atoms with E-state index in [4.69, 9.17) is 9.15 Å². The van der Waals surface area contributed by atoms with E-state index in [2.05, 4.69) is 10.1 Å². The molecule has 2 aromatic heterocycles. The molecule has 0 aliphatic rings. The maximum absolute atomic E-state index is 13.2. The molecule has 0 saturated heterocycles. The van der Waals surface area contributed by atoms with E-state index in [-0.39, 0.29) is 17.5 Å². The van der Waals surface area contributed by atoms with Crippen molar-refractivity contribution in [3.05, 3.63) is 68.3 Å². The molecule has 0 aliphatic carbocycles. The van der Waals surface area contributed by atoms with E-state index in [0.29, 0.717) is 23.6 Å². The molecule has 0 spiro atoms. The fourth-order valence-electron chi connectivity index (χ4n) is 2.20. The highest BCUT2D eigenvalue weighted by molar-refractivity contribution is 7.07. The number of benzene rings is 1. The summed E-state index contributed by atoms with van der Waals surface area (Å²) in [5.41, 5.74) is 1.46. The quantitative estimate of drug-likeness (QED) is 0.268. The zero-order valence-corrected chi connectivity index (χ0v) is 15.1. The summed E-state index contributed by atoms with van der Waals surface area (Å²) in [5.74, 6) is -0.472. The Labute approximate surface area is 157 Å². The second-order valence-corrected chi connectivity index (χ2v) is 6.11. The lowest BCUT2D eigenvalue weighted by molar-refractivity contribution is -0.402. The van der Waals surface area contributed by atoms with Gasteiger partial charge < -0.3 is 9.15 Å². The minimum Gasteiger partial charge on any atom is -0.400 e. The Morgan fingerprint density at radius 2 is 2.11 bits per heavy atom. The second-order valence-electron chi connectivity index (χ2n) is 5.27. The van der Waals surface area contributed by atoms with Crippen molar-refractivity contribution in [3.8, 4) is 11.3 Å². The molecule has 0 atom stereocenters. The first-order chi connectivity index (χ1) is 13.1. The number of thiazole rings is 1. The molecule has 0 unspecified atom stereocenters. The first kappa shape index (κ1) is 18.7. The number of nitrogens with zero attached hydrogens (tertiary/aromatic N) is 4. The number of aromatic nitrogens is 1. The lowest BCUT2D eigenvalue weighted by Gasteiger charge is -2.03. The third-order valence-corrected chi connectivity index (χ3v) is 4.31. The summed E-state index contributed by atoms with van der Waals surface area (Å²) >= 11 is 1.37. The van der Waals surface area contributed by atoms with Crippen molar-refractivity contribution in [1.82, 2.24) is 4.68 Å². The Bertz CT molecular complexity index is 1020. The molecule has 140 valence electrons. The zero-order chi connectivity index (χ0) is 19.2. The van der Waals surface area contributed by atoms with Crippen molar-refractivity contribution in [3.63, 3.8) is 0 Å². The smallest absolute Gasteiger partial charge is 0.400 e. The molecule has 1 aromatic carbocycles. The zero-order valence-electron chi connectivity index (χ0n) is 14.2.